The van der Waals surface area contributed by atoms with Crippen molar-refractivity contribution in [3.63, 3.8) is 0 Å². The molecule has 0 unspecified atom stereocenters. The summed E-state index contributed by atoms with van der Waals surface area (Å²) in [7, 11) is 1.59. The van der Waals surface area contributed by atoms with E-state index in [1.165, 1.54) is 6.08 Å². The number of furan rings is 1. The second-order valence-corrected chi connectivity index (χ2v) is 4.88. The van der Waals surface area contributed by atoms with Gasteiger partial charge in [-0.1, -0.05) is 12.1 Å². The number of methoxy groups -OCH3 is 1. The van der Waals surface area contributed by atoms with Crippen LogP contribution in [0, 0.1) is 13.8 Å². The fourth-order valence-electron chi connectivity index (χ4n) is 1.97. The quantitative estimate of drug-likeness (QED) is 0.670. The summed E-state index contributed by atoms with van der Waals surface area (Å²) in [5.41, 5.74) is 5.89. The molecule has 23 heavy (non-hydrogen) atoms. The van der Waals surface area contributed by atoms with E-state index in [1.807, 2.05) is 12.1 Å². The van der Waals surface area contributed by atoms with Crippen molar-refractivity contribution in [2.75, 3.05) is 7.11 Å². The van der Waals surface area contributed by atoms with Crippen LogP contribution in [0.25, 0.3) is 6.08 Å². The normalized spacial score (nSPS) is 10.6. The number of hydrazine groups is 1. The minimum absolute atomic E-state index is 0.391. The molecule has 0 aliphatic heterocycles. The van der Waals surface area contributed by atoms with Crippen molar-refractivity contribution in [1.82, 2.24) is 10.9 Å². The molecule has 6 nitrogen and oxygen atoms in total. The number of hydrogen-bond donors (Lipinski definition) is 2. The fourth-order valence-corrected chi connectivity index (χ4v) is 1.97. The van der Waals surface area contributed by atoms with Crippen LogP contribution >= 0.6 is 0 Å². The molecule has 0 atom stereocenters. The summed E-state index contributed by atoms with van der Waals surface area (Å²) in [6.45, 7) is 3.44. The first-order chi connectivity index (χ1) is 11.0. The Bertz CT molecular complexity index is 730. The van der Waals surface area contributed by atoms with E-state index in [2.05, 4.69) is 10.9 Å². The standard InChI is InChI=1S/C17H18N2O4/c1-11-10-15(12(2)23-11)17(21)19-18-16(20)9-6-13-4-7-14(22-3)8-5-13/h4-10H,1-3H3,(H,18,20)(H,19,21)/b9-6+. The van der Waals surface area contributed by atoms with E-state index in [1.54, 1.807) is 45.2 Å². The third-order valence-corrected chi connectivity index (χ3v) is 3.13. The highest BCUT2D eigenvalue weighted by Crippen LogP contribution is 2.13. The zero-order chi connectivity index (χ0) is 16.8. The predicted octanol–water partition coefficient (Wildman–Crippen LogP) is 2.38. The van der Waals surface area contributed by atoms with E-state index in [9.17, 15) is 9.59 Å². The number of aryl methyl sites for hydroxylation is 2. The second-order valence-electron chi connectivity index (χ2n) is 4.88. The lowest BCUT2D eigenvalue weighted by atomic mass is 10.2. The Morgan fingerprint density at radius 1 is 1.13 bits per heavy atom. The smallest absolute Gasteiger partial charge is 0.273 e. The lowest BCUT2D eigenvalue weighted by Gasteiger charge is -2.04. The Hall–Kier alpha value is -3.02. The monoisotopic (exact) mass is 314 g/mol. The van der Waals surface area contributed by atoms with Crippen LogP contribution in [0.15, 0.2) is 40.8 Å². The lowest BCUT2D eigenvalue weighted by Crippen LogP contribution is -2.40. The summed E-state index contributed by atoms with van der Waals surface area (Å²) in [6.07, 6.45) is 2.96. The highest BCUT2D eigenvalue weighted by atomic mass is 16.5. The molecule has 0 saturated heterocycles. The maximum Gasteiger partial charge on any atom is 0.273 e. The van der Waals surface area contributed by atoms with Gasteiger partial charge in [0.05, 0.1) is 12.7 Å². The van der Waals surface area contributed by atoms with Gasteiger partial charge in [-0.3, -0.25) is 20.4 Å². The first-order valence-electron chi connectivity index (χ1n) is 6.99. The number of hydrogen-bond acceptors (Lipinski definition) is 4. The number of carbonyl (C=O) groups is 2. The first-order valence-corrected chi connectivity index (χ1v) is 6.99. The average molecular weight is 314 g/mol. The van der Waals surface area contributed by atoms with Crippen molar-refractivity contribution >= 4 is 17.9 Å². The molecule has 2 N–H and O–H groups in total. The molecular formula is C17H18N2O4. The molecule has 0 aliphatic rings. The molecule has 0 aliphatic carbocycles. The number of benzene rings is 1. The van der Waals surface area contributed by atoms with Crippen molar-refractivity contribution in [1.29, 1.82) is 0 Å². The Morgan fingerprint density at radius 2 is 1.83 bits per heavy atom. The number of nitrogens with one attached hydrogen (secondary N) is 2. The van der Waals surface area contributed by atoms with Crippen LogP contribution in [0.4, 0.5) is 0 Å². The van der Waals surface area contributed by atoms with Crippen molar-refractivity contribution in [3.8, 4) is 5.75 Å². The van der Waals surface area contributed by atoms with Crippen LogP contribution in [0.1, 0.15) is 27.4 Å². The Balaban J connectivity index is 1.88. The van der Waals surface area contributed by atoms with E-state index >= 15 is 0 Å². The third-order valence-electron chi connectivity index (χ3n) is 3.13. The molecule has 0 saturated carbocycles. The van der Waals surface area contributed by atoms with Crippen LogP contribution in [-0.2, 0) is 4.79 Å². The molecule has 0 spiro atoms. The van der Waals surface area contributed by atoms with Gasteiger partial charge < -0.3 is 9.15 Å². The summed E-state index contributed by atoms with van der Waals surface area (Å²) in [5.74, 6) is 1.02. The molecular weight excluding hydrogens is 296 g/mol. The number of rotatable bonds is 4. The van der Waals surface area contributed by atoms with Gasteiger partial charge in [0.15, 0.2) is 0 Å². The second kappa shape index (κ2) is 7.31. The van der Waals surface area contributed by atoms with E-state index in [-0.39, 0.29) is 0 Å². The molecule has 1 aromatic carbocycles. The highest BCUT2D eigenvalue weighted by molar-refractivity contribution is 5.98. The van der Waals surface area contributed by atoms with Gasteiger partial charge in [-0.25, -0.2) is 0 Å². The molecule has 1 aromatic heterocycles. The minimum Gasteiger partial charge on any atom is -0.497 e. The number of ether oxygens (including phenoxy) is 1. The first kappa shape index (κ1) is 16.4. The van der Waals surface area contributed by atoms with Crippen LogP contribution in [-0.4, -0.2) is 18.9 Å². The zero-order valence-corrected chi connectivity index (χ0v) is 13.2. The van der Waals surface area contributed by atoms with E-state index < -0.39 is 11.8 Å². The molecule has 1 heterocycles. The van der Waals surface area contributed by atoms with Crippen molar-refractivity contribution < 1.29 is 18.7 Å². The molecule has 0 fully saturated rings. The summed E-state index contributed by atoms with van der Waals surface area (Å²) in [4.78, 5) is 23.6. The van der Waals surface area contributed by atoms with Gasteiger partial charge >= 0.3 is 0 Å². The SMILES string of the molecule is COc1ccc(/C=C/C(=O)NNC(=O)c2cc(C)oc2C)cc1. The van der Waals surface area contributed by atoms with E-state index in [0.29, 0.717) is 17.1 Å². The van der Waals surface area contributed by atoms with Crippen molar-refractivity contribution in [2.45, 2.75) is 13.8 Å². The van der Waals surface area contributed by atoms with E-state index in [0.717, 1.165) is 11.3 Å². The fraction of sp³-hybridized carbons (Fsp3) is 0.176. The highest BCUT2D eigenvalue weighted by Gasteiger charge is 2.13. The molecule has 6 heteroatoms. The molecule has 2 aromatic rings. The van der Waals surface area contributed by atoms with Crippen LogP contribution in [0.5, 0.6) is 5.75 Å². The van der Waals surface area contributed by atoms with E-state index in [4.69, 9.17) is 9.15 Å². The maximum absolute atomic E-state index is 11.9. The molecule has 2 amide bonds. The summed E-state index contributed by atoms with van der Waals surface area (Å²) < 4.78 is 10.3. The molecule has 120 valence electrons. The molecule has 0 bridgehead atoms. The molecule has 0 radical (unpaired) electrons. The maximum atomic E-state index is 11.9. The molecule has 2 rings (SSSR count). The van der Waals surface area contributed by atoms with Gasteiger partial charge in [-0.2, -0.15) is 0 Å². The van der Waals surface area contributed by atoms with Gasteiger partial charge in [0.25, 0.3) is 11.8 Å². The van der Waals surface area contributed by atoms with Gasteiger partial charge in [-0.05, 0) is 43.7 Å². The minimum atomic E-state index is -0.438. The Kier molecular flexibility index (Phi) is 5.19. The van der Waals surface area contributed by atoms with Gasteiger partial charge in [0, 0.05) is 6.08 Å². The summed E-state index contributed by atoms with van der Waals surface area (Å²) >= 11 is 0. The predicted molar refractivity (Wildman–Crippen MR) is 85.8 cm³/mol. The van der Waals surface area contributed by atoms with Gasteiger partial charge in [-0.15, -0.1) is 0 Å². The topological polar surface area (TPSA) is 80.6 Å². The summed E-state index contributed by atoms with van der Waals surface area (Å²) in [5, 5.41) is 0. The largest absolute Gasteiger partial charge is 0.497 e. The van der Waals surface area contributed by atoms with Crippen LogP contribution in [0.2, 0.25) is 0 Å². The average Bonchev–Trinajstić information content (AvgIpc) is 2.89. The van der Waals surface area contributed by atoms with Gasteiger partial charge in [0.2, 0.25) is 0 Å². The Labute approximate surface area is 134 Å². The van der Waals surface area contributed by atoms with Crippen molar-refractivity contribution in [2.24, 2.45) is 0 Å². The van der Waals surface area contributed by atoms with Crippen LogP contribution in [0.3, 0.4) is 0 Å². The van der Waals surface area contributed by atoms with Gasteiger partial charge in [0.1, 0.15) is 17.3 Å². The summed E-state index contributed by atoms with van der Waals surface area (Å²) in [6, 6.07) is 8.84. The van der Waals surface area contributed by atoms with Crippen molar-refractivity contribution in [3.05, 3.63) is 59.1 Å². The Morgan fingerprint density at radius 3 is 2.39 bits per heavy atom. The number of amides is 2. The third kappa shape index (κ3) is 4.47. The lowest BCUT2D eigenvalue weighted by molar-refractivity contribution is -0.117. The number of carbonyl (C=O) groups excluding carboxylic acids is 2. The van der Waals surface area contributed by atoms with Crippen LogP contribution < -0.4 is 15.6 Å². The zero-order valence-electron chi connectivity index (χ0n) is 13.2.